The third-order valence-corrected chi connectivity index (χ3v) is 7.50. The summed E-state index contributed by atoms with van der Waals surface area (Å²) in [7, 11) is -3.75. The zero-order valence-corrected chi connectivity index (χ0v) is 23.3. The van der Waals surface area contributed by atoms with Crippen molar-refractivity contribution in [3.8, 4) is 5.75 Å². The number of nitrogens with one attached hydrogen (secondary N) is 3. The van der Waals surface area contributed by atoms with Crippen LogP contribution >= 0.6 is 11.6 Å². The van der Waals surface area contributed by atoms with Crippen LogP contribution in [0.25, 0.3) is 0 Å². The molecule has 204 valence electrons. The molecule has 3 aromatic rings. The Balaban J connectivity index is 1.58. The van der Waals surface area contributed by atoms with Gasteiger partial charge in [-0.25, -0.2) is 18.1 Å². The van der Waals surface area contributed by atoms with Crippen molar-refractivity contribution in [2.24, 2.45) is 5.92 Å². The largest absolute Gasteiger partial charge is 0.492 e. The molecule has 1 aliphatic rings. The number of hydrogen-bond acceptors (Lipinski definition) is 9. The average molecular weight is 561 g/mol. The number of ether oxygens (including phenoxy) is 2. The number of rotatable bonds is 11. The maximum atomic E-state index is 12.9. The molecule has 38 heavy (non-hydrogen) atoms. The number of halogens is 1. The average Bonchev–Trinajstić information content (AvgIpc) is 2.91. The lowest BCUT2D eigenvalue weighted by Crippen LogP contribution is -2.36. The second-order valence-electron chi connectivity index (χ2n) is 9.09. The Morgan fingerprint density at radius 3 is 2.61 bits per heavy atom. The van der Waals surface area contributed by atoms with Crippen LogP contribution in [0.4, 0.5) is 28.8 Å². The van der Waals surface area contributed by atoms with E-state index in [1.165, 1.54) is 12.3 Å². The Morgan fingerprint density at radius 1 is 1.11 bits per heavy atom. The SMILES string of the molecule is CCOc1cc(N2CCOCC2)ccc1Nc1ncc(Cl)c(Nc2ccccc2S(=O)(=O)NCC(C)C)n1. The highest BCUT2D eigenvalue weighted by atomic mass is 35.5. The fourth-order valence-electron chi connectivity index (χ4n) is 3.83. The molecule has 0 bridgehead atoms. The van der Waals surface area contributed by atoms with Crippen molar-refractivity contribution in [3.63, 3.8) is 0 Å². The molecular weight excluding hydrogens is 528 g/mol. The van der Waals surface area contributed by atoms with Gasteiger partial charge in [0.15, 0.2) is 5.82 Å². The number of nitrogens with zero attached hydrogens (tertiary/aromatic N) is 3. The van der Waals surface area contributed by atoms with Crippen LogP contribution < -0.4 is 25.0 Å². The van der Waals surface area contributed by atoms with E-state index in [4.69, 9.17) is 21.1 Å². The van der Waals surface area contributed by atoms with Gasteiger partial charge in [0.05, 0.1) is 37.4 Å². The van der Waals surface area contributed by atoms with Crippen molar-refractivity contribution < 1.29 is 17.9 Å². The van der Waals surface area contributed by atoms with Crippen LogP contribution in [0, 0.1) is 5.92 Å². The summed E-state index contributed by atoms with van der Waals surface area (Å²) in [5.74, 6) is 1.37. The van der Waals surface area contributed by atoms with E-state index >= 15 is 0 Å². The van der Waals surface area contributed by atoms with Crippen molar-refractivity contribution in [2.75, 3.05) is 55.0 Å². The molecular formula is C26H33ClN6O4S. The first-order chi connectivity index (χ1) is 18.3. The molecule has 1 aliphatic heterocycles. The number of hydrogen-bond donors (Lipinski definition) is 3. The molecule has 0 saturated carbocycles. The van der Waals surface area contributed by atoms with E-state index < -0.39 is 10.0 Å². The molecule has 0 radical (unpaired) electrons. The van der Waals surface area contributed by atoms with E-state index in [9.17, 15) is 8.42 Å². The fraction of sp³-hybridized carbons (Fsp3) is 0.385. The van der Waals surface area contributed by atoms with Crippen LogP contribution in [-0.4, -0.2) is 57.8 Å². The molecule has 2 heterocycles. The second kappa shape index (κ2) is 12.6. The highest BCUT2D eigenvalue weighted by Gasteiger charge is 2.20. The van der Waals surface area contributed by atoms with E-state index in [-0.39, 0.29) is 27.6 Å². The van der Waals surface area contributed by atoms with Gasteiger partial charge in [-0.15, -0.1) is 0 Å². The van der Waals surface area contributed by atoms with Crippen LogP contribution in [0.1, 0.15) is 20.8 Å². The van der Waals surface area contributed by atoms with Gasteiger partial charge in [-0.2, -0.15) is 4.98 Å². The molecule has 1 fully saturated rings. The lowest BCUT2D eigenvalue weighted by molar-refractivity contribution is 0.122. The molecule has 0 spiro atoms. The van der Waals surface area contributed by atoms with Crippen molar-refractivity contribution in [3.05, 3.63) is 53.7 Å². The van der Waals surface area contributed by atoms with Gasteiger partial charge in [-0.3, -0.25) is 0 Å². The van der Waals surface area contributed by atoms with Crippen LogP contribution in [0.2, 0.25) is 5.02 Å². The maximum Gasteiger partial charge on any atom is 0.242 e. The third-order valence-electron chi connectivity index (χ3n) is 5.74. The van der Waals surface area contributed by atoms with E-state index in [0.717, 1.165) is 18.8 Å². The van der Waals surface area contributed by atoms with Gasteiger partial charge in [0, 0.05) is 31.4 Å². The monoisotopic (exact) mass is 560 g/mol. The molecule has 0 unspecified atom stereocenters. The number of aromatic nitrogens is 2. The molecule has 0 atom stereocenters. The number of para-hydroxylation sites is 1. The zero-order chi connectivity index (χ0) is 27.1. The Kier molecular flexibility index (Phi) is 9.26. The van der Waals surface area contributed by atoms with Crippen LogP contribution in [-0.2, 0) is 14.8 Å². The summed E-state index contributed by atoms with van der Waals surface area (Å²) in [4.78, 5) is 11.2. The molecule has 12 heteroatoms. The van der Waals surface area contributed by atoms with Gasteiger partial charge < -0.3 is 25.0 Å². The summed E-state index contributed by atoms with van der Waals surface area (Å²) >= 11 is 6.39. The molecule has 1 saturated heterocycles. The summed E-state index contributed by atoms with van der Waals surface area (Å²) < 4.78 is 39.8. The highest BCUT2D eigenvalue weighted by molar-refractivity contribution is 7.89. The van der Waals surface area contributed by atoms with Crippen molar-refractivity contribution in [2.45, 2.75) is 25.7 Å². The molecule has 0 amide bonds. The second-order valence-corrected chi connectivity index (χ2v) is 11.2. The number of benzene rings is 2. The summed E-state index contributed by atoms with van der Waals surface area (Å²) in [5.41, 5.74) is 2.09. The van der Waals surface area contributed by atoms with Gasteiger partial charge >= 0.3 is 0 Å². The topological polar surface area (TPSA) is 118 Å². The van der Waals surface area contributed by atoms with Crippen LogP contribution in [0.15, 0.2) is 53.6 Å². The van der Waals surface area contributed by atoms with Gasteiger partial charge in [-0.05, 0) is 37.1 Å². The van der Waals surface area contributed by atoms with E-state index in [2.05, 4.69) is 30.2 Å². The molecule has 1 aromatic heterocycles. The van der Waals surface area contributed by atoms with Gasteiger partial charge in [0.25, 0.3) is 0 Å². The summed E-state index contributed by atoms with van der Waals surface area (Å²) in [6, 6.07) is 12.5. The number of sulfonamides is 1. The first-order valence-corrected chi connectivity index (χ1v) is 14.4. The Hall–Kier alpha value is -3.12. The maximum absolute atomic E-state index is 12.9. The smallest absolute Gasteiger partial charge is 0.242 e. The number of anilines is 5. The van der Waals surface area contributed by atoms with Gasteiger partial charge in [-0.1, -0.05) is 37.6 Å². The standard InChI is InChI=1S/C26H33ClN6O4S/c1-4-37-23-15-19(33-11-13-36-14-12-33)9-10-21(23)31-26-28-17-20(27)25(32-26)30-22-7-5-6-8-24(22)38(34,35)29-16-18(2)3/h5-10,15,17-18,29H,4,11-14,16H2,1-3H3,(H2,28,30,31,32). The minimum atomic E-state index is -3.75. The minimum Gasteiger partial charge on any atom is -0.492 e. The van der Waals surface area contributed by atoms with Gasteiger partial charge in [0.2, 0.25) is 16.0 Å². The van der Waals surface area contributed by atoms with E-state index in [1.54, 1.807) is 18.2 Å². The normalized spacial score (nSPS) is 14.0. The third kappa shape index (κ3) is 7.04. The molecule has 0 aliphatic carbocycles. The lowest BCUT2D eigenvalue weighted by atomic mass is 10.2. The summed E-state index contributed by atoms with van der Waals surface area (Å²) in [5, 5.41) is 6.50. The minimum absolute atomic E-state index is 0.0992. The quantitative estimate of drug-likeness (QED) is 0.304. The predicted molar refractivity (Wildman–Crippen MR) is 151 cm³/mol. The van der Waals surface area contributed by atoms with Crippen molar-refractivity contribution >= 4 is 50.5 Å². The molecule has 3 N–H and O–H groups in total. The van der Waals surface area contributed by atoms with Gasteiger partial charge in [0.1, 0.15) is 15.7 Å². The molecule has 4 rings (SSSR count). The van der Waals surface area contributed by atoms with E-state index in [0.29, 0.717) is 43.5 Å². The van der Waals surface area contributed by atoms with E-state index in [1.807, 2.05) is 39.0 Å². The van der Waals surface area contributed by atoms with Crippen molar-refractivity contribution in [1.82, 2.24) is 14.7 Å². The highest BCUT2D eigenvalue weighted by Crippen LogP contribution is 2.33. The van der Waals surface area contributed by atoms with Crippen LogP contribution in [0.5, 0.6) is 5.75 Å². The number of morpholine rings is 1. The Bertz CT molecular complexity index is 1350. The summed E-state index contributed by atoms with van der Waals surface area (Å²) in [6.45, 7) is 9.64. The summed E-state index contributed by atoms with van der Waals surface area (Å²) in [6.07, 6.45) is 1.45. The van der Waals surface area contributed by atoms with Crippen LogP contribution in [0.3, 0.4) is 0 Å². The lowest BCUT2D eigenvalue weighted by Gasteiger charge is -2.29. The Labute approximate surface area is 228 Å². The Morgan fingerprint density at radius 2 is 1.87 bits per heavy atom. The zero-order valence-electron chi connectivity index (χ0n) is 21.7. The first kappa shape index (κ1) is 27.9. The van der Waals surface area contributed by atoms with Crippen molar-refractivity contribution in [1.29, 1.82) is 0 Å². The molecule has 10 nitrogen and oxygen atoms in total. The molecule has 2 aromatic carbocycles. The fourth-order valence-corrected chi connectivity index (χ4v) is 5.34. The first-order valence-electron chi connectivity index (χ1n) is 12.5. The predicted octanol–water partition coefficient (Wildman–Crippen LogP) is 4.79.